The Morgan fingerprint density at radius 2 is 1.79 bits per heavy atom. The summed E-state index contributed by atoms with van der Waals surface area (Å²) in [6.45, 7) is 0.812. The molecule has 2 aromatic rings. The van der Waals surface area contributed by atoms with Crippen LogP contribution < -0.4 is 4.90 Å². The number of anilines is 1. The molecule has 0 aliphatic carbocycles. The van der Waals surface area contributed by atoms with Crippen LogP contribution in [-0.4, -0.2) is 13.3 Å². The maximum atomic E-state index is 10.7. The first-order valence-corrected chi connectivity index (χ1v) is 7.39. The van der Waals surface area contributed by atoms with E-state index in [-0.39, 0.29) is 0 Å². The zero-order chi connectivity index (χ0) is 13.8. The lowest BCUT2D eigenvalue weighted by Crippen LogP contribution is -2.16. The molecule has 0 radical (unpaired) electrons. The average molecular weight is 383 g/mol. The van der Waals surface area contributed by atoms with Crippen molar-refractivity contribution in [2.45, 2.75) is 6.54 Å². The van der Waals surface area contributed by atoms with Crippen molar-refractivity contribution in [3.63, 3.8) is 0 Å². The first-order valence-electron chi connectivity index (χ1n) is 5.80. The van der Waals surface area contributed by atoms with Crippen LogP contribution in [0.25, 0.3) is 0 Å². The molecule has 0 saturated carbocycles. The van der Waals surface area contributed by atoms with Gasteiger partial charge in [0.1, 0.15) is 6.29 Å². The Balaban J connectivity index is 2.17. The normalized spacial score (nSPS) is 10.3. The molecule has 0 heterocycles. The van der Waals surface area contributed by atoms with Gasteiger partial charge in [0.15, 0.2) is 0 Å². The van der Waals surface area contributed by atoms with Gasteiger partial charge in [-0.2, -0.15) is 0 Å². The number of hydrogen-bond acceptors (Lipinski definition) is 2. The predicted molar refractivity (Wildman–Crippen MR) is 85.8 cm³/mol. The lowest BCUT2D eigenvalue weighted by molar-refractivity contribution is 0.112. The standard InChI is InChI=1S/C15H13Br2NO/c1-18(9-11-2-5-13(16)6-3-11)15-7-4-12(10-19)8-14(15)17/h2-8,10H,9H2,1H3. The third-order valence-electron chi connectivity index (χ3n) is 2.85. The van der Waals surface area contributed by atoms with E-state index in [1.807, 2.05) is 37.4 Å². The van der Waals surface area contributed by atoms with Crippen molar-refractivity contribution in [1.82, 2.24) is 0 Å². The fraction of sp³-hybridized carbons (Fsp3) is 0.133. The summed E-state index contributed by atoms with van der Waals surface area (Å²) in [4.78, 5) is 12.9. The molecule has 98 valence electrons. The van der Waals surface area contributed by atoms with E-state index in [0.717, 1.165) is 27.5 Å². The minimum absolute atomic E-state index is 0.674. The van der Waals surface area contributed by atoms with Crippen LogP contribution in [0.2, 0.25) is 0 Å². The summed E-state index contributed by atoms with van der Waals surface area (Å²) < 4.78 is 2.01. The molecule has 0 aliphatic rings. The Kier molecular flexibility index (Phi) is 4.77. The van der Waals surface area contributed by atoms with Crippen LogP contribution in [0.3, 0.4) is 0 Å². The van der Waals surface area contributed by atoms with Gasteiger partial charge in [0.05, 0.1) is 5.69 Å². The quantitative estimate of drug-likeness (QED) is 0.716. The van der Waals surface area contributed by atoms with Gasteiger partial charge in [0.25, 0.3) is 0 Å². The topological polar surface area (TPSA) is 20.3 Å². The molecule has 0 amide bonds. The Bertz CT molecular complexity index is 581. The second-order valence-electron chi connectivity index (χ2n) is 4.31. The molecule has 19 heavy (non-hydrogen) atoms. The number of hydrogen-bond donors (Lipinski definition) is 0. The number of benzene rings is 2. The van der Waals surface area contributed by atoms with Gasteiger partial charge in [-0.1, -0.05) is 28.1 Å². The zero-order valence-electron chi connectivity index (χ0n) is 10.4. The predicted octanol–water partition coefficient (Wildman–Crippen LogP) is 4.66. The molecule has 0 unspecified atom stereocenters. The molecular formula is C15H13Br2NO. The van der Waals surface area contributed by atoms with Crippen LogP contribution in [0.1, 0.15) is 15.9 Å². The minimum atomic E-state index is 0.674. The summed E-state index contributed by atoms with van der Waals surface area (Å²) in [5.74, 6) is 0. The van der Waals surface area contributed by atoms with Crippen molar-refractivity contribution in [1.29, 1.82) is 0 Å². The summed E-state index contributed by atoms with van der Waals surface area (Å²) in [5.41, 5.74) is 2.97. The van der Waals surface area contributed by atoms with Crippen LogP contribution in [0.15, 0.2) is 51.4 Å². The molecule has 0 saturated heterocycles. The highest BCUT2D eigenvalue weighted by molar-refractivity contribution is 9.10. The molecule has 0 spiro atoms. The molecule has 0 N–H and O–H groups in total. The smallest absolute Gasteiger partial charge is 0.150 e. The molecular weight excluding hydrogens is 370 g/mol. The van der Waals surface area contributed by atoms with Crippen molar-refractivity contribution >= 4 is 43.8 Å². The van der Waals surface area contributed by atoms with Gasteiger partial charge in [-0.3, -0.25) is 4.79 Å². The van der Waals surface area contributed by atoms with E-state index in [1.54, 1.807) is 0 Å². The van der Waals surface area contributed by atoms with E-state index in [1.165, 1.54) is 5.56 Å². The zero-order valence-corrected chi connectivity index (χ0v) is 13.6. The summed E-state index contributed by atoms with van der Waals surface area (Å²) in [5, 5.41) is 0. The summed E-state index contributed by atoms with van der Waals surface area (Å²) in [7, 11) is 2.03. The monoisotopic (exact) mass is 381 g/mol. The molecule has 2 rings (SSSR count). The van der Waals surface area contributed by atoms with Crippen molar-refractivity contribution in [2.75, 3.05) is 11.9 Å². The van der Waals surface area contributed by atoms with Crippen LogP contribution in [-0.2, 0) is 6.54 Å². The van der Waals surface area contributed by atoms with E-state index >= 15 is 0 Å². The number of nitrogens with zero attached hydrogens (tertiary/aromatic N) is 1. The lowest BCUT2D eigenvalue weighted by Gasteiger charge is -2.21. The Hall–Kier alpha value is -1.13. The molecule has 2 nitrogen and oxygen atoms in total. The number of halogens is 2. The molecule has 0 bridgehead atoms. The van der Waals surface area contributed by atoms with Crippen molar-refractivity contribution in [3.8, 4) is 0 Å². The van der Waals surface area contributed by atoms with Gasteiger partial charge in [-0.15, -0.1) is 0 Å². The fourth-order valence-corrected chi connectivity index (χ4v) is 2.82. The maximum Gasteiger partial charge on any atom is 0.150 e. The first-order chi connectivity index (χ1) is 9.10. The van der Waals surface area contributed by atoms with Gasteiger partial charge < -0.3 is 4.90 Å². The van der Waals surface area contributed by atoms with Crippen molar-refractivity contribution in [2.24, 2.45) is 0 Å². The summed E-state index contributed by atoms with van der Waals surface area (Å²) in [6, 6.07) is 13.9. The lowest BCUT2D eigenvalue weighted by atomic mass is 10.2. The van der Waals surface area contributed by atoms with Gasteiger partial charge in [-0.05, 0) is 51.8 Å². The van der Waals surface area contributed by atoms with Gasteiger partial charge >= 0.3 is 0 Å². The Morgan fingerprint density at radius 3 is 2.37 bits per heavy atom. The van der Waals surface area contributed by atoms with Crippen LogP contribution in [0.4, 0.5) is 5.69 Å². The molecule has 0 fully saturated rings. The SMILES string of the molecule is CN(Cc1ccc(Br)cc1)c1ccc(C=O)cc1Br. The molecule has 0 aliphatic heterocycles. The van der Waals surface area contributed by atoms with E-state index in [4.69, 9.17) is 0 Å². The molecule has 2 aromatic carbocycles. The highest BCUT2D eigenvalue weighted by Crippen LogP contribution is 2.27. The maximum absolute atomic E-state index is 10.7. The van der Waals surface area contributed by atoms with E-state index in [2.05, 4.69) is 48.9 Å². The number of rotatable bonds is 4. The average Bonchev–Trinajstić information content (AvgIpc) is 2.41. The van der Waals surface area contributed by atoms with Gasteiger partial charge in [0.2, 0.25) is 0 Å². The highest BCUT2D eigenvalue weighted by atomic mass is 79.9. The highest BCUT2D eigenvalue weighted by Gasteiger charge is 2.07. The van der Waals surface area contributed by atoms with Crippen LogP contribution >= 0.6 is 31.9 Å². The largest absolute Gasteiger partial charge is 0.369 e. The minimum Gasteiger partial charge on any atom is -0.369 e. The van der Waals surface area contributed by atoms with Gasteiger partial charge in [0, 0.05) is 28.1 Å². The van der Waals surface area contributed by atoms with Crippen LogP contribution in [0.5, 0.6) is 0 Å². The molecule has 4 heteroatoms. The third kappa shape index (κ3) is 3.67. The Labute approximate surface area is 129 Å². The summed E-state index contributed by atoms with van der Waals surface area (Å²) >= 11 is 6.94. The molecule has 0 atom stereocenters. The number of aldehydes is 1. The second kappa shape index (κ2) is 6.35. The van der Waals surface area contributed by atoms with Crippen molar-refractivity contribution < 1.29 is 4.79 Å². The number of carbonyl (C=O) groups is 1. The fourth-order valence-electron chi connectivity index (χ4n) is 1.85. The van der Waals surface area contributed by atoms with E-state index < -0.39 is 0 Å². The van der Waals surface area contributed by atoms with Gasteiger partial charge in [-0.25, -0.2) is 0 Å². The Morgan fingerprint density at radius 1 is 1.11 bits per heavy atom. The van der Waals surface area contributed by atoms with Crippen molar-refractivity contribution in [3.05, 3.63) is 62.5 Å². The second-order valence-corrected chi connectivity index (χ2v) is 6.08. The van der Waals surface area contributed by atoms with Crippen LogP contribution in [0, 0.1) is 0 Å². The number of carbonyl (C=O) groups excluding carboxylic acids is 1. The first kappa shape index (κ1) is 14.3. The van der Waals surface area contributed by atoms with E-state index in [0.29, 0.717) is 5.56 Å². The van der Waals surface area contributed by atoms with E-state index in [9.17, 15) is 4.79 Å². The third-order valence-corrected chi connectivity index (χ3v) is 4.02. The summed E-state index contributed by atoms with van der Waals surface area (Å²) in [6.07, 6.45) is 0.850. The molecule has 0 aromatic heterocycles.